The van der Waals surface area contributed by atoms with Crippen molar-refractivity contribution in [1.29, 1.82) is 0 Å². The first-order valence-corrected chi connectivity index (χ1v) is 7.98. The Labute approximate surface area is 122 Å². The maximum absolute atomic E-state index is 11.8. The molecule has 1 aliphatic rings. The van der Waals surface area contributed by atoms with Gasteiger partial charge in [-0.15, -0.1) is 0 Å². The lowest BCUT2D eigenvalue weighted by molar-refractivity contribution is -0.148. The molecule has 1 atom stereocenters. The first-order valence-electron chi connectivity index (χ1n) is 7.98. The van der Waals surface area contributed by atoms with Gasteiger partial charge in [0.15, 0.2) is 0 Å². The van der Waals surface area contributed by atoms with Gasteiger partial charge in [-0.2, -0.15) is 0 Å². The van der Waals surface area contributed by atoms with E-state index in [-0.39, 0.29) is 12.5 Å². The van der Waals surface area contributed by atoms with Crippen molar-refractivity contribution in [2.45, 2.75) is 71.6 Å². The Hall–Kier alpha value is -1.06. The molecule has 0 aliphatic heterocycles. The van der Waals surface area contributed by atoms with E-state index >= 15 is 0 Å². The van der Waals surface area contributed by atoms with E-state index in [0.717, 1.165) is 18.8 Å². The van der Waals surface area contributed by atoms with E-state index in [0.29, 0.717) is 12.8 Å². The Bertz CT molecular complexity index is 324. The molecular weight excluding hydrogens is 254 g/mol. The van der Waals surface area contributed by atoms with Gasteiger partial charge in [-0.1, -0.05) is 39.0 Å². The molecule has 1 saturated carbocycles. The summed E-state index contributed by atoms with van der Waals surface area (Å²) < 4.78 is 0. The second-order valence-corrected chi connectivity index (χ2v) is 6.39. The summed E-state index contributed by atoms with van der Waals surface area (Å²) >= 11 is 0. The van der Waals surface area contributed by atoms with Crippen molar-refractivity contribution in [3.63, 3.8) is 0 Å². The zero-order valence-corrected chi connectivity index (χ0v) is 12.9. The number of hydrogen-bond acceptors (Lipinski definition) is 2. The monoisotopic (exact) mass is 283 g/mol. The molecule has 116 valence electrons. The Morgan fingerprint density at radius 3 is 2.45 bits per heavy atom. The fraction of sp³-hybridized carbons (Fsp3) is 0.875. The number of hydrogen-bond donors (Lipinski definition) is 2. The lowest BCUT2D eigenvalue weighted by Crippen LogP contribution is -2.40. The second-order valence-electron chi connectivity index (χ2n) is 6.39. The van der Waals surface area contributed by atoms with Crippen LogP contribution >= 0.6 is 0 Å². The quantitative estimate of drug-likeness (QED) is 0.718. The summed E-state index contributed by atoms with van der Waals surface area (Å²) in [7, 11) is 0. The van der Waals surface area contributed by atoms with E-state index in [1.165, 1.54) is 32.1 Å². The number of carboxylic acid groups (broad SMARTS) is 1. The van der Waals surface area contributed by atoms with E-state index in [2.05, 4.69) is 5.32 Å². The van der Waals surface area contributed by atoms with Crippen LogP contribution in [-0.2, 0) is 9.59 Å². The predicted octanol–water partition coefficient (Wildman–Crippen LogP) is 3.35. The molecule has 1 aliphatic carbocycles. The molecule has 0 saturated heterocycles. The van der Waals surface area contributed by atoms with Crippen LogP contribution in [0.4, 0.5) is 0 Å². The predicted molar refractivity (Wildman–Crippen MR) is 79.5 cm³/mol. The first kappa shape index (κ1) is 17.0. The van der Waals surface area contributed by atoms with Gasteiger partial charge in [0.1, 0.15) is 0 Å². The molecule has 1 fully saturated rings. The van der Waals surface area contributed by atoms with Gasteiger partial charge in [-0.25, -0.2) is 0 Å². The molecule has 1 amide bonds. The van der Waals surface area contributed by atoms with Crippen LogP contribution in [0, 0.1) is 11.3 Å². The number of carbonyl (C=O) groups is 2. The molecule has 0 bridgehead atoms. The smallest absolute Gasteiger partial charge is 0.311 e. The second kappa shape index (κ2) is 8.28. The van der Waals surface area contributed by atoms with Gasteiger partial charge < -0.3 is 10.4 Å². The SMILES string of the molecule is CCC(C)(CNC(=O)CCCC1CCCCC1)C(=O)O. The van der Waals surface area contributed by atoms with Crippen molar-refractivity contribution in [2.75, 3.05) is 6.54 Å². The molecule has 0 heterocycles. The zero-order chi connectivity index (χ0) is 15.0. The minimum Gasteiger partial charge on any atom is -0.481 e. The molecule has 0 aromatic heterocycles. The minimum absolute atomic E-state index is 0.0123. The highest BCUT2D eigenvalue weighted by Crippen LogP contribution is 2.27. The van der Waals surface area contributed by atoms with Crippen molar-refractivity contribution in [1.82, 2.24) is 5.32 Å². The van der Waals surface area contributed by atoms with Crippen molar-refractivity contribution in [3.05, 3.63) is 0 Å². The van der Waals surface area contributed by atoms with Gasteiger partial charge in [-0.05, 0) is 32.1 Å². The molecule has 0 aromatic carbocycles. The van der Waals surface area contributed by atoms with Crippen molar-refractivity contribution in [3.8, 4) is 0 Å². The summed E-state index contributed by atoms with van der Waals surface area (Å²) in [5.74, 6) is -0.0549. The van der Waals surface area contributed by atoms with Crippen LogP contribution in [-0.4, -0.2) is 23.5 Å². The maximum atomic E-state index is 11.8. The fourth-order valence-corrected chi connectivity index (χ4v) is 2.76. The van der Waals surface area contributed by atoms with E-state index in [1.54, 1.807) is 6.92 Å². The third-order valence-corrected chi connectivity index (χ3v) is 4.71. The Kier molecular flexibility index (Phi) is 7.03. The van der Waals surface area contributed by atoms with Crippen molar-refractivity contribution in [2.24, 2.45) is 11.3 Å². The van der Waals surface area contributed by atoms with E-state index in [4.69, 9.17) is 5.11 Å². The highest BCUT2D eigenvalue weighted by molar-refractivity contribution is 5.78. The highest BCUT2D eigenvalue weighted by Gasteiger charge is 2.31. The van der Waals surface area contributed by atoms with Gasteiger partial charge >= 0.3 is 5.97 Å². The molecule has 4 nitrogen and oxygen atoms in total. The van der Waals surface area contributed by atoms with Gasteiger partial charge in [0.2, 0.25) is 5.91 Å². The number of carbonyl (C=O) groups excluding carboxylic acids is 1. The summed E-state index contributed by atoms with van der Waals surface area (Å²) in [6.07, 6.45) is 9.77. The average Bonchev–Trinajstić information content (AvgIpc) is 2.45. The van der Waals surface area contributed by atoms with Crippen molar-refractivity contribution >= 4 is 11.9 Å². The average molecular weight is 283 g/mol. The van der Waals surface area contributed by atoms with Crippen LogP contribution in [0.1, 0.15) is 71.6 Å². The van der Waals surface area contributed by atoms with Crippen LogP contribution in [0.2, 0.25) is 0 Å². The first-order chi connectivity index (χ1) is 9.48. The van der Waals surface area contributed by atoms with Gasteiger partial charge in [0.05, 0.1) is 5.41 Å². The number of nitrogens with one attached hydrogen (secondary N) is 1. The number of carboxylic acids is 1. The summed E-state index contributed by atoms with van der Waals surface area (Å²) in [5, 5.41) is 11.9. The fourth-order valence-electron chi connectivity index (χ4n) is 2.76. The third kappa shape index (κ3) is 5.51. The third-order valence-electron chi connectivity index (χ3n) is 4.71. The van der Waals surface area contributed by atoms with Crippen LogP contribution in [0.25, 0.3) is 0 Å². The van der Waals surface area contributed by atoms with Gasteiger partial charge in [0, 0.05) is 13.0 Å². The number of rotatable bonds is 8. The standard InChI is InChI=1S/C16H29NO3/c1-3-16(2,15(19)20)12-17-14(18)11-7-10-13-8-5-4-6-9-13/h13H,3-12H2,1-2H3,(H,17,18)(H,19,20). The Morgan fingerprint density at radius 1 is 1.25 bits per heavy atom. The number of amides is 1. The van der Waals surface area contributed by atoms with Crippen LogP contribution in [0.5, 0.6) is 0 Å². The largest absolute Gasteiger partial charge is 0.481 e. The lowest BCUT2D eigenvalue weighted by Gasteiger charge is -2.23. The highest BCUT2D eigenvalue weighted by atomic mass is 16.4. The Balaban J connectivity index is 2.18. The molecule has 2 N–H and O–H groups in total. The molecule has 0 aromatic rings. The molecule has 0 radical (unpaired) electrons. The summed E-state index contributed by atoms with van der Waals surface area (Å²) in [5.41, 5.74) is -0.848. The van der Waals surface area contributed by atoms with Crippen molar-refractivity contribution < 1.29 is 14.7 Å². The summed E-state index contributed by atoms with van der Waals surface area (Å²) in [6.45, 7) is 3.74. The molecule has 0 spiro atoms. The molecule has 1 rings (SSSR count). The Morgan fingerprint density at radius 2 is 1.90 bits per heavy atom. The summed E-state index contributed by atoms with van der Waals surface area (Å²) in [6, 6.07) is 0. The molecule has 1 unspecified atom stereocenters. The minimum atomic E-state index is -0.848. The molecular formula is C16H29NO3. The van der Waals surface area contributed by atoms with Crippen LogP contribution < -0.4 is 5.32 Å². The normalized spacial score (nSPS) is 19.3. The van der Waals surface area contributed by atoms with Crippen LogP contribution in [0.15, 0.2) is 0 Å². The van der Waals surface area contributed by atoms with Gasteiger partial charge in [-0.3, -0.25) is 9.59 Å². The topological polar surface area (TPSA) is 66.4 Å². The molecule has 4 heteroatoms. The van der Waals surface area contributed by atoms with Crippen LogP contribution in [0.3, 0.4) is 0 Å². The van der Waals surface area contributed by atoms with E-state index in [1.807, 2.05) is 6.92 Å². The number of aliphatic carboxylic acids is 1. The van der Waals surface area contributed by atoms with E-state index < -0.39 is 11.4 Å². The zero-order valence-electron chi connectivity index (χ0n) is 12.9. The lowest BCUT2D eigenvalue weighted by atomic mass is 9.85. The van der Waals surface area contributed by atoms with Gasteiger partial charge in [0.25, 0.3) is 0 Å². The maximum Gasteiger partial charge on any atom is 0.311 e. The van der Waals surface area contributed by atoms with E-state index in [9.17, 15) is 9.59 Å². The summed E-state index contributed by atoms with van der Waals surface area (Å²) in [4.78, 5) is 22.9. The molecule has 20 heavy (non-hydrogen) atoms.